The number of hydrogen-bond donors (Lipinski definition) is 1. The van der Waals surface area contributed by atoms with E-state index in [-0.39, 0.29) is 30.6 Å². The summed E-state index contributed by atoms with van der Waals surface area (Å²) in [5, 5.41) is 2.87. The third-order valence-corrected chi connectivity index (χ3v) is 4.39. The molecule has 5 atom stereocenters. The molecule has 2 bridgehead atoms. The van der Waals surface area contributed by atoms with Crippen LogP contribution in [0, 0.1) is 0 Å². The van der Waals surface area contributed by atoms with Crippen molar-refractivity contribution in [1.82, 2.24) is 5.32 Å². The van der Waals surface area contributed by atoms with E-state index in [4.69, 9.17) is 18.9 Å². The van der Waals surface area contributed by atoms with E-state index in [1.54, 1.807) is 13.8 Å². The Kier molecular flexibility index (Phi) is 2.41. The predicted molar refractivity (Wildman–Crippen MR) is 63.6 cm³/mol. The van der Waals surface area contributed by atoms with Gasteiger partial charge < -0.3 is 24.3 Å². The van der Waals surface area contributed by atoms with Crippen molar-refractivity contribution in [3.63, 3.8) is 0 Å². The maximum atomic E-state index is 12.7. The summed E-state index contributed by atoms with van der Waals surface area (Å²) in [6.07, 6.45) is -1.31. The average Bonchev–Trinajstić information content (AvgIpc) is 2.89. The molecule has 1 spiro atoms. The molecule has 4 aliphatic rings. The molecule has 0 aromatic heterocycles. The van der Waals surface area contributed by atoms with Crippen molar-refractivity contribution in [2.75, 3.05) is 6.61 Å². The number of rotatable bonds is 0. The molecule has 1 N–H and O–H groups in total. The molecule has 0 unspecified atom stereocenters. The van der Waals surface area contributed by atoms with Crippen molar-refractivity contribution in [2.45, 2.75) is 62.6 Å². The van der Waals surface area contributed by atoms with E-state index in [0.29, 0.717) is 6.61 Å². The van der Waals surface area contributed by atoms with Gasteiger partial charge in [-0.15, -0.1) is 0 Å². The van der Waals surface area contributed by atoms with E-state index in [1.165, 1.54) is 0 Å². The minimum absolute atomic E-state index is 0.111. The second-order valence-electron chi connectivity index (χ2n) is 6.18. The number of Topliss-reactive ketones (excluding diaryl/α,β-unsaturated/α-hetero) is 1. The van der Waals surface area contributed by atoms with Gasteiger partial charge in [-0.05, 0) is 13.8 Å². The molecule has 0 saturated carbocycles. The topological polar surface area (TPSA) is 83.1 Å². The zero-order chi connectivity index (χ0) is 14.1. The Bertz CT molecular complexity index is 491. The lowest BCUT2D eigenvalue weighted by Gasteiger charge is -2.43. The third-order valence-electron chi connectivity index (χ3n) is 4.39. The molecule has 1 amide bonds. The number of fused-ring (bicyclic) bond motifs is 4. The second-order valence-corrected chi connectivity index (χ2v) is 6.18. The Hall–Kier alpha value is -1.02. The summed E-state index contributed by atoms with van der Waals surface area (Å²) in [4.78, 5) is 24.5. The Labute approximate surface area is 115 Å². The number of hydrogen-bond acceptors (Lipinski definition) is 6. The van der Waals surface area contributed by atoms with Crippen LogP contribution in [-0.2, 0) is 28.5 Å². The molecular weight excluding hydrogens is 266 g/mol. The average molecular weight is 283 g/mol. The van der Waals surface area contributed by atoms with Gasteiger partial charge in [0, 0.05) is 12.8 Å². The van der Waals surface area contributed by atoms with Crippen molar-refractivity contribution in [3.8, 4) is 0 Å². The quantitative estimate of drug-likeness (QED) is 0.644. The van der Waals surface area contributed by atoms with Gasteiger partial charge in [0.1, 0.15) is 12.2 Å². The van der Waals surface area contributed by atoms with E-state index in [2.05, 4.69) is 5.32 Å². The van der Waals surface area contributed by atoms with Crippen LogP contribution >= 0.6 is 0 Å². The first-order valence-electron chi connectivity index (χ1n) is 6.90. The highest BCUT2D eigenvalue weighted by molar-refractivity contribution is 5.95. The van der Waals surface area contributed by atoms with Gasteiger partial charge in [0.05, 0.1) is 12.6 Å². The highest BCUT2D eigenvalue weighted by Gasteiger charge is 2.71. The summed E-state index contributed by atoms with van der Waals surface area (Å²) in [6.45, 7) is 3.84. The van der Waals surface area contributed by atoms with E-state index in [0.717, 1.165) is 0 Å². The molecule has 0 aromatic rings. The van der Waals surface area contributed by atoms with Gasteiger partial charge in [-0.3, -0.25) is 9.59 Å². The van der Waals surface area contributed by atoms with Gasteiger partial charge >= 0.3 is 0 Å². The van der Waals surface area contributed by atoms with Crippen molar-refractivity contribution >= 4 is 11.7 Å². The van der Waals surface area contributed by atoms with E-state index in [1.807, 2.05) is 0 Å². The van der Waals surface area contributed by atoms with Gasteiger partial charge in [0.15, 0.2) is 23.5 Å². The first-order chi connectivity index (χ1) is 9.42. The number of carbonyl (C=O) groups excluding carboxylic acids is 2. The zero-order valence-corrected chi connectivity index (χ0v) is 11.4. The molecule has 7 heteroatoms. The van der Waals surface area contributed by atoms with Crippen molar-refractivity contribution in [2.24, 2.45) is 0 Å². The first-order valence-corrected chi connectivity index (χ1v) is 6.90. The summed E-state index contributed by atoms with van der Waals surface area (Å²) in [5.41, 5.74) is -1.19. The van der Waals surface area contributed by atoms with Crippen molar-refractivity contribution < 1.29 is 28.5 Å². The lowest BCUT2D eigenvalue weighted by molar-refractivity contribution is -0.200. The Morgan fingerprint density at radius 2 is 2.05 bits per heavy atom. The number of nitrogens with one attached hydrogen (secondary N) is 1. The maximum absolute atomic E-state index is 12.7. The SMILES string of the molecule is CC1(C)O[C@@H]2[C@@H]3OC[C@@H](O3)[C@H]3NC(=O)CCC(=O)[C@]32O1. The van der Waals surface area contributed by atoms with Gasteiger partial charge in [-0.2, -0.15) is 0 Å². The van der Waals surface area contributed by atoms with Crippen LogP contribution in [0.15, 0.2) is 0 Å². The molecule has 4 saturated heterocycles. The lowest BCUT2D eigenvalue weighted by Crippen LogP contribution is -2.70. The highest BCUT2D eigenvalue weighted by Crippen LogP contribution is 2.49. The third kappa shape index (κ3) is 1.49. The zero-order valence-electron chi connectivity index (χ0n) is 11.4. The molecule has 110 valence electrons. The fourth-order valence-corrected chi connectivity index (χ4v) is 3.69. The molecule has 4 heterocycles. The van der Waals surface area contributed by atoms with Crippen molar-refractivity contribution in [1.29, 1.82) is 0 Å². The Morgan fingerprint density at radius 1 is 1.25 bits per heavy atom. The molecule has 4 fully saturated rings. The van der Waals surface area contributed by atoms with Gasteiger partial charge in [-0.25, -0.2) is 0 Å². The monoisotopic (exact) mass is 283 g/mol. The summed E-state index contributed by atoms with van der Waals surface area (Å²) in [6, 6.07) is -0.560. The largest absolute Gasteiger partial charge is 0.347 e. The fraction of sp³-hybridized carbons (Fsp3) is 0.846. The van der Waals surface area contributed by atoms with Crippen LogP contribution in [0.2, 0.25) is 0 Å². The Balaban J connectivity index is 1.85. The first kappa shape index (κ1) is 12.7. The molecule has 0 radical (unpaired) electrons. The number of ketones is 1. The van der Waals surface area contributed by atoms with Gasteiger partial charge in [0.25, 0.3) is 0 Å². The van der Waals surface area contributed by atoms with Crippen LogP contribution in [0.1, 0.15) is 26.7 Å². The fourth-order valence-electron chi connectivity index (χ4n) is 3.69. The number of ether oxygens (including phenoxy) is 4. The highest BCUT2D eigenvalue weighted by atomic mass is 16.8. The predicted octanol–water partition coefficient (Wildman–Crippen LogP) is -0.520. The molecular formula is C13H17NO6. The molecule has 4 rings (SSSR count). The minimum Gasteiger partial charge on any atom is -0.347 e. The lowest BCUT2D eigenvalue weighted by atomic mass is 9.79. The van der Waals surface area contributed by atoms with Gasteiger partial charge in [-0.1, -0.05) is 0 Å². The standard InChI is InChI=1S/C13H17NO6/c1-12(2)19-10-11-17-5-6(18-11)9-13(10,20-12)7(15)3-4-8(16)14-9/h6,9-11H,3-5H2,1-2H3,(H,14,16)/t6-,9-,10-,11-,13+/m1/s1. The normalized spacial score (nSPS) is 49.3. The summed E-state index contributed by atoms with van der Waals surface area (Å²) >= 11 is 0. The molecule has 20 heavy (non-hydrogen) atoms. The molecule has 7 nitrogen and oxygen atoms in total. The van der Waals surface area contributed by atoms with E-state index < -0.39 is 29.8 Å². The molecule has 0 aliphatic carbocycles. The van der Waals surface area contributed by atoms with Crippen LogP contribution in [0.4, 0.5) is 0 Å². The van der Waals surface area contributed by atoms with E-state index in [9.17, 15) is 9.59 Å². The van der Waals surface area contributed by atoms with Crippen LogP contribution in [-0.4, -0.2) is 54.2 Å². The summed E-state index contributed by atoms with van der Waals surface area (Å²) < 4.78 is 23.2. The minimum atomic E-state index is -1.19. The van der Waals surface area contributed by atoms with Crippen LogP contribution in [0.25, 0.3) is 0 Å². The maximum Gasteiger partial charge on any atom is 0.220 e. The molecule has 0 aromatic carbocycles. The Morgan fingerprint density at radius 3 is 2.85 bits per heavy atom. The van der Waals surface area contributed by atoms with Gasteiger partial charge in [0.2, 0.25) is 5.91 Å². The second kappa shape index (κ2) is 3.79. The number of amides is 1. The number of carbonyl (C=O) groups is 2. The van der Waals surface area contributed by atoms with Crippen LogP contribution in [0.5, 0.6) is 0 Å². The smallest absolute Gasteiger partial charge is 0.220 e. The summed E-state index contributed by atoms with van der Waals surface area (Å²) in [7, 11) is 0. The van der Waals surface area contributed by atoms with Crippen molar-refractivity contribution in [3.05, 3.63) is 0 Å². The summed E-state index contributed by atoms with van der Waals surface area (Å²) in [5.74, 6) is -1.19. The molecule has 4 aliphatic heterocycles. The van der Waals surface area contributed by atoms with Crippen LogP contribution < -0.4 is 5.32 Å². The van der Waals surface area contributed by atoms with Crippen LogP contribution in [0.3, 0.4) is 0 Å². The van der Waals surface area contributed by atoms with E-state index >= 15 is 0 Å².